The Kier molecular flexibility index (Phi) is 3.79. The first-order valence-electron chi connectivity index (χ1n) is 5.04. The Morgan fingerprint density at radius 1 is 1.22 bits per heavy atom. The van der Waals surface area contributed by atoms with Gasteiger partial charge in [-0.15, -0.1) is 11.3 Å². The number of benzene rings is 1. The van der Waals surface area contributed by atoms with E-state index in [-0.39, 0.29) is 0 Å². The zero-order valence-electron chi connectivity index (χ0n) is 9.04. The average Bonchev–Trinajstić information content (AvgIpc) is 2.79. The SMILES string of the molecule is N[C@@H](c1cc(Br)cc(C(F)(F)F)c1)c1cccs1. The third-order valence-corrected chi connectivity index (χ3v) is 3.87. The second-order valence-electron chi connectivity index (χ2n) is 3.76. The molecular formula is C12H9BrF3NS. The highest BCUT2D eigenvalue weighted by Crippen LogP contribution is 2.34. The van der Waals surface area contributed by atoms with Crippen LogP contribution in [0.1, 0.15) is 22.0 Å². The first kappa shape index (κ1) is 13.6. The fraction of sp³-hybridized carbons (Fsp3) is 0.167. The van der Waals surface area contributed by atoms with Gasteiger partial charge in [0.1, 0.15) is 0 Å². The normalized spacial score (nSPS) is 13.6. The standard InChI is InChI=1S/C12H9BrF3NS/c13-9-5-7(4-8(6-9)12(14,15)16)11(17)10-2-1-3-18-10/h1-6,11H,17H2/t11-/m0/s1. The lowest BCUT2D eigenvalue weighted by atomic mass is 10.0. The van der Waals surface area contributed by atoms with Crippen molar-refractivity contribution in [3.05, 3.63) is 56.2 Å². The van der Waals surface area contributed by atoms with Crippen LogP contribution in [-0.4, -0.2) is 0 Å². The lowest BCUT2D eigenvalue weighted by molar-refractivity contribution is -0.137. The van der Waals surface area contributed by atoms with Gasteiger partial charge in [0.05, 0.1) is 11.6 Å². The topological polar surface area (TPSA) is 26.0 Å². The molecule has 0 unspecified atom stereocenters. The molecule has 2 aromatic rings. The van der Waals surface area contributed by atoms with Crippen molar-refractivity contribution in [1.82, 2.24) is 0 Å². The van der Waals surface area contributed by atoms with Crippen molar-refractivity contribution in [1.29, 1.82) is 0 Å². The summed E-state index contributed by atoms with van der Waals surface area (Å²) in [5, 5.41) is 1.85. The molecule has 2 N–H and O–H groups in total. The Labute approximate surface area is 115 Å². The van der Waals surface area contributed by atoms with E-state index in [1.807, 2.05) is 17.5 Å². The van der Waals surface area contributed by atoms with Crippen LogP contribution >= 0.6 is 27.3 Å². The monoisotopic (exact) mass is 335 g/mol. The molecule has 0 radical (unpaired) electrons. The Balaban J connectivity index is 2.43. The Hall–Kier alpha value is -0.850. The van der Waals surface area contributed by atoms with Crippen LogP contribution in [0.3, 0.4) is 0 Å². The average molecular weight is 336 g/mol. The van der Waals surface area contributed by atoms with Gasteiger partial charge in [-0.3, -0.25) is 0 Å². The van der Waals surface area contributed by atoms with Gasteiger partial charge in [0.15, 0.2) is 0 Å². The van der Waals surface area contributed by atoms with Gasteiger partial charge in [0.25, 0.3) is 0 Å². The maximum Gasteiger partial charge on any atom is 0.416 e. The molecular weight excluding hydrogens is 327 g/mol. The summed E-state index contributed by atoms with van der Waals surface area (Å²) in [4.78, 5) is 0.834. The molecule has 1 atom stereocenters. The van der Waals surface area contributed by atoms with Crippen LogP contribution in [0.15, 0.2) is 40.2 Å². The highest BCUT2D eigenvalue weighted by molar-refractivity contribution is 9.10. The van der Waals surface area contributed by atoms with Crippen molar-refractivity contribution >= 4 is 27.3 Å². The van der Waals surface area contributed by atoms with Crippen LogP contribution in [-0.2, 0) is 6.18 Å². The highest BCUT2D eigenvalue weighted by atomic mass is 79.9. The minimum atomic E-state index is -4.37. The predicted octanol–water partition coefficient (Wildman–Crippen LogP) is 4.58. The fourth-order valence-electron chi connectivity index (χ4n) is 1.59. The van der Waals surface area contributed by atoms with Gasteiger partial charge >= 0.3 is 6.18 Å². The molecule has 0 fully saturated rings. The molecule has 0 saturated carbocycles. The van der Waals surface area contributed by atoms with Crippen LogP contribution in [0.4, 0.5) is 13.2 Å². The lowest BCUT2D eigenvalue weighted by Crippen LogP contribution is -2.13. The molecule has 0 bridgehead atoms. The highest BCUT2D eigenvalue weighted by Gasteiger charge is 2.31. The molecule has 0 amide bonds. The van der Waals surface area contributed by atoms with E-state index in [0.717, 1.165) is 17.0 Å². The van der Waals surface area contributed by atoms with E-state index in [1.54, 1.807) is 6.07 Å². The van der Waals surface area contributed by atoms with E-state index in [1.165, 1.54) is 11.3 Å². The zero-order valence-corrected chi connectivity index (χ0v) is 11.4. The third-order valence-electron chi connectivity index (χ3n) is 2.46. The summed E-state index contributed by atoms with van der Waals surface area (Å²) < 4.78 is 38.5. The van der Waals surface area contributed by atoms with E-state index in [2.05, 4.69) is 15.9 Å². The van der Waals surface area contributed by atoms with E-state index >= 15 is 0 Å². The van der Waals surface area contributed by atoms with Crippen molar-refractivity contribution in [2.45, 2.75) is 12.2 Å². The largest absolute Gasteiger partial charge is 0.416 e. The Morgan fingerprint density at radius 2 is 1.94 bits per heavy atom. The summed E-state index contributed by atoms with van der Waals surface area (Å²) in [5.41, 5.74) is 5.71. The van der Waals surface area contributed by atoms with Gasteiger partial charge in [0.2, 0.25) is 0 Å². The molecule has 18 heavy (non-hydrogen) atoms. The van der Waals surface area contributed by atoms with Gasteiger partial charge < -0.3 is 5.73 Å². The molecule has 0 aliphatic carbocycles. The Morgan fingerprint density at radius 3 is 2.50 bits per heavy atom. The van der Waals surface area contributed by atoms with Gasteiger partial charge in [-0.25, -0.2) is 0 Å². The summed E-state index contributed by atoms with van der Waals surface area (Å²) in [7, 11) is 0. The van der Waals surface area contributed by atoms with Crippen molar-refractivity contribution in [3.8, 4) is 0 Å². The summed E-state index contributed by atoms with van der Waals surface area (Å²) in [6, 6.07) is 6.84. The molecule has 96 valence electrons. The van der Waals surface area contributed by atoms with Crippen molar-refractivity contribution < 1.29 is 13.2 Å². The molecule has 6 heteroatoms. The molecule has 0 spiro atoms. The smallest absolute Gasteiger partial charge is 0.320 e. The number of thiophene rings is 1. The Bertz CT molecular complexity index is 537. The van der Waals surface area contributed by atoms with Gasteiger partial charge in [-0.05, 0) is 35.2 Å². The van der Waals surface area contributed by atoms with Crippen LogP contribution in [0.2, 0.25) is 0 Å². The molecule has 0 saturated heterocycles. The van der Waals surface area contributed by atoms with Crippen LogP contribution in [0.5, 0.6) is 0 Å². The summed E-state index contributed by atoms with van der Waals surface area (Å²) in [5.74, 6) is 0. The third kappa shape index (κ3) is 2.93. The fourth-order valence-corrected chi connectivity index (χ4v) is 2.85. The van der Waals surface area contributed by atoms with Gasteiger partial charge in [-0.2, -0.15) is 13.2 Å². The second-order valence-corrected chi connectivity index (χ2v) is 5.66. The predicted molar refractivity (Wildman–Crippen MR) is 69.5 cm³/mol. The number of rotatable bonds is 2. The van der Waals surface area contributed by atoms with Crippen LogP contribution < -0.4 is 5.73 Å². The molecule has 1 aromatic carbocycles. The first-order valence-corrected chi connectivity index (χ1v) is 6.72. The molecule has 0 aliphatic heterocycles. The first-order chi connectivity index (χ1) is 8.38. The molecule has 0 aliphatic rings. The van der Waals surface area contributed by atoms with Crippen LogP contribution in [0, 0.1) is 0 Å². The summed E-state index contributed by atoms with van der Waals surface area (Å²) in [6.45, 7) is 0. The number of hydrogen-bond donors (Lipinski definition) is 1. The maximum absolute atomic E-state index is 12.7. The van der Waals surface area contributed by atoms with E-state index in [0.29, 0.717) is 10.0 Å². The van der Waals surface area contributed by atoms with Gasteiger partial charge in [-0.1, -0.05) is 22.0 Å². The zero-order chi connectivity index (χ0) is 13.3. The second kappa shape index (κ2) is 5.03. The molecule has 2 rings (SSSR count). The quantitative estimate of drug-likeness (QED) is 0.854. The number of halogens is 4. The molecule has 1 aromatic heterocycles. The minimum Gasteiger partial charge on any atom is -0.320 e. The van der Waals surface area contributed by atoms with Crippen molar-refractivity contribution in [2.24, 2.45) is 5.73 Å². The summed E-state index contributed by atoms with van der Waals surface area (Å²) in [6.07, 6.45) is -4.37. The molecule has 1 nitrogen and oxygen atoms in total. The van der Waals surface area contributed by atoms with Crippen molar-refractivity contribution in [2.75, 3.05) is 0 Å². The number of hydrogen-bond acceptors (Lipinski definition) is 2. The van der Waals surface area contributed by atoms with E-state index in [9.17, 15) is 13.2 Å². The number of nitrogens with two attached hydrogens (primary N) is 1. The van der Waals surface area contributed by atoms with E-state index < -0.39 is 17.8 Å². The van der Waals surface area contributed by atoms with Crippen LogP contribution in [0.25, 0.3) is 0 Å². The van der Waals surface area contributed by atoms with Crippen molar-refractivity contribution in [3.63, 3.8) is 0 Å². The minimum absolute atomic E-state index is 0.374. The molecule has 1 heterocycles. The van der Waals surface area contributed by atoms with Gasteiger partial charge in [0, 0.05) is 9.35 Å². The summed E-state index contributed by atoms with van der Waals surface area (Å²) >= 11 is 4.51. The number of alkyl halides is 3. The lowest BCUT2D eigenvalue weighted by Gasteiger charge is -2.14. The maximum atomic E-state index is 12.7. The van der Waals surface area contributed by atoms with E-state index in [4.69, 9.17) is 5.73 Å².